The van der Waals surface area contributed by atoms with Gasteiger partial charge >= 0.3 is 0 Å². The van der Waals surface area contributed by atoms with Crippen LogP contribution in [0.25, 0.3) is 0 Å². The summed E-state index contributed by atoms with van der Waals surface area (Å²) in [6.07, 6.45) is 0. The Labute approximate surface area is 117 Å². The standard InChI is InChI=1S/C15H14ClNO2/c1-19-13-8-6-11(7-9-13)15(18)17-14-5-3-2-4-12(14)10-16/h2-9H,10H2,1H3,(H,17,18). The van der Waals surface area contributed by atoms with Crippen molar-refractivity contribution in [3.05, 3.63) is 59.7 Å². The number of benzene rings is 2. The second-order valence-electron chi connectivity index (χ2n) is 3.97. The van der Waals surface area contributed by atoms with Crippen LogP contribution in [0, 0.1) is 0 Å². The number of alkyl halides is 1. The maximum atomic E-state index is 12.1. The molecular weight excluding hydrogens is 262 g/mol. The van der Waals surface area contributed by atoms with E-state index >= 15 is 0 Å². The van der Waals surface area contributed by atoms with Gasteiger partial charge < -0.3 is 10.1 Å². The molecule has 19 heavy (non-hydrogen) atoms. The van der Waals surface area contributed by atoms with Crippen LogP contribution < -0.4 is 10.1 Å². The molecule has 2 rings (SSSR count). The fraction of sp³-hybridized carbons (Fsp3) is 0.133. The van der Waals surface area contributed by atoms with Gasteiger partial charge in [-0.1, -0.05) is 18.2 Å². The quantitative estimate of drug-likeness (QED) is 0.865. The molecule has 0 heterocycles. The van der Waals surface area contributed by atoms with Crippen LogP contribution in [0.15, 0.2) is 48.5 Å². The summed E-state index contributed by atoms with van der Waals surface area (Å²) < 4.78 is 5.05. The molecule has 1 amide bonds. The van der Waals surface area contributed by atoms with Gasteiger partial charge in [0.15, 0.2) is 0 Å². The van der Waals surface area contributed by atoms with Crippen molar-refractivity contribution in [3.63, 3.8) is 0 Å². The average molecular weight is 276 g/mol. The highest BCUT2D eigenvalue weighted by Gasteiger charge is 2.08. The monoisotopic (exact) mass is 275 g/mol. The van der Waals surface area contributed by atoms with Crippen molar-refractivity contribution in [1.82, 2.24) is 0 Å². The Hall–Kier alpha value is -2.00. The number of anilines is 1. The van der Waals surface area contributed by atoms with E-state index in [1.54, 1.807) is 31.4 Å². The minimum absolute atomic E-state index is 0.166. The number of carbonyl (C=O) groups excluding carboxylic acids is 1. The number of nitrogens with one attached hydrogen (secondary N) is 1. The van der Waals surface area contributed by atoms with Gasteiger partial charge in [-0.25, -0.2) is 0 Å². The van der Waals surface area contributed by atoms with Gasteiger partial charge in [-0.05, 0) is 35.9 Å². The zero-order chi connectivity index (χ0) is 13.7. The molecule has 0 saturated heterocycles. The van der Waals surface area contributed by atoms with Crippen molar-refractivity contribution < 1.29 is 9.53 Å². The average Bonchev–Trinajstić information content (AvgIpc) is 2.48. The summed E-state index contributed by atoms with van der Waals surface area (Å²) in [5.41, 5.74) is 2.20. The molecule has 4 heteroatoms. The number of hydrogen-bond acceptors (Lipinski definition) is 2. The summed E-state index contributed by atoms with van der Waals surface area (Å²) in [7, 11) is 1.59. The highest BCUT2D eigenvalue weighted by molar-refractivity contribution is 6.17. The highest BCUT2D eigenvalue weighted by atomic mass is 35.5. The molecule has 0 saturated carbocycles. The number of carbonyl (C=O) groups is 1. The number of halogens is 1. The van der Waals surface area contributed by atoms with Crippen molar-refractivity contribution in [2.24, 2.45) is 0 Å². The van der Waals surface area contributed by atoms with Gasteiger partial charge in [0, 0.05) is 17.1 Å². The predicted molar refractivity (Wildman–Crippen MR) is 76.9 cm³/mol. The molecule has 0 unspecified atom stereocenters. The third-order valence-electron chi connectivity index (χ3n) is 2.76. The summed E-state index contributed by atoms with van der Waals surface area (Å²) in [5.74, 6) is 0.914. The molecule has 0 aromatic heterocycles. The molecule has 0 aliphatic heterocycles. The number of amides is 1. The van der Waals surface area contributed by atoms with Gasteiger partial charge in [-0.2, -0.15) is 0 Å². The van der Waals surface area contributed by atoms with E-state index in [1.807, 2.05) is 24.3 Å². The first-order valence-corrected chi connectivity index (χ1v) is 6.37. The topological polar surface area (TPSA) is 38.3 Å². The molecule has 2 aromatic carbocycles. The van der Waals surface area contributed by atoms with Crippen LogP contribution in [0.1, 0.15) is 15.9 Å². The number of hydrogen-bond donors (Lipinski definition) is 1. The van der Waals surface area contributed by atoms with E-state index in [0.29, 0.717) is 11.4 Å². The van der Waals surface area contributed by atoms with E-state index in [9.17, 15) is 4.79 Å². The van der Waals surface area contributed by atoms with Crippen molar-refractivity contribution in [2.75, 3.05) is 12.4 Å². The Morgan fingerprint density at radius 3 is 2.47 bits per heavy atom. The van der Waals surface area contributed by atoms with Crippen LogP contribution >= 0.6 is 11.6 Å². The summed E-state index contributed by atoms with van der Waals surface area (Å²) in [5, 5.41) is 2.85. The number of para-hydroxylation sites is 1. The molecule has 1 N–H and O–H groups in total. The molecule has 3 nitrogen and oxygen atoms in total. The fourth-order valence-electron chi connectivity index (χ4n) is 1.70. The zero-order valence-corrected chi connectivity index (χ0v) is 11.3. The van der Waals surface area contributed by atoms with Crippen LogP contribution in [0.4, 0.5) is 5.69 Å². The van der Waals surface area contributed by atoms with Gasteiger partial charge in [0.1, 0.15) is 5.75 Å². The Morgan fingerprint density at radius 2 is 1.84 bits per heavy atom. The molecule has 0 fully saturated rings. The minimum Gasteiger partial charge on any atom is -0.497 e. The Morgan fingerprint density at radius 1 is 1.16 bits per heavy atom. The van der Waals surface area contributed by atoms with E-state index in [-0.39, 0.29) is 5.91 Å². The lowest BCUT2D eigenvalue weighted by atomic mass is 10.1. The molecule has 2 aromatic rings. The van der Waals surface area contributed by atoms with Crippen molar-refractivity contribution in [3.8, 4) is 5.75 Å². The summed E-state index contributed by atoms with van der Waals surface area (Å²) in [6, 6.07) is 14.4. The maximum Gasteiger partial charge on any atom is 0.255 e. The van der Waals surface area contributed by atoms with Gasteiger partial charge in [0.25, 0.3) is 5.91 Å². The largest absolute Gasteiger partial charge is 0.497 e. The highest BCUT2D eigenvalue weighted by Crippen LogP contribution is 2.19. The molecule has 0 spiro atoms. The number of methoxy groups -OCH3 is 1. The first-order valence-electron chi connectivity index (χ1n) is 5.84. The van der Waals surface area contributed by atoms with E-state index in [0.717, 1.165) is 17.0 Å². The minimum atomic E-state index is -0.166. The molecule has 0 bridgehead atoms. The molecule has 0 aliphatic carbocycles. The van der Waals surface area contributed by atoms with Crippen molar-refractivity contribution >= 4 is 23.2 Å². The smallest absolute Gasteiger partial charge is 0.255 e. The van der Waals surface area contributed by atoms with E-state index in [4.69, 9.17) is 16.3 Å². The van der Waals surface area contributed by atoms with Crippen LogP contribution in [0.5, 0.6) is 5.75 Å². The van der Waals surface area contributed by atoms with Crippen LogP contribution in [-0.4, -0.2) is 13.0 Å². The van der Waals surface area contributed by atoms with Crippen molar-refractivity contribution in [1.29, 1.82) is 0 Å². The maximum absolute atomic E-state index is 12.1. The Balaban J connectivity index is 2.16. The van der Waals surface area contributed by atoms with E-state index < -0.39 is 0 Å². The SMILES string of the molecule is COc1ccc(C(=O)Nc2ccccc2CCl)cc1. The van der Waals surface area contributed by atoms with E-state index in [2.05, 4.69) is 5.32 Å². The number of rotatable bonds is 4. The molecule has 0 radical (unpaired) electrons. The molecule has 0 aliphatic rings. The first-order chi connectivity index (χ1) is 9.24. The normalized spacial score (nSPS) is 10.0. The first kappa shape index (κ1) is 13.4. The second-order valence-corrected chi connectivity index (χ2v) is 4.24. The summed E-state index contributed by atoms with van der Waals surface area (Å²) >= 11 is 5.83. The third-order valence-corrected chi connectivity index (χ3v) is 3.05. The lowest BCUT2D eigenvalue weighted by Crippen LogP contribution is -2.12. The second kappa shape index (κ2) is 6.25. The lowest BCUT2D eigenvalue weighted by molar-refractivity contribution is 0.102. The zero-order valence-electron chi connectivity index (χ0n) is 10.5. The summed E-state index contributed by atoms with van der Waals surface area (Å²) in [6.45, 7) is 0. The fourth-order valence-corrected chi connectivity index (χ4v) is 1.93. The number of ether oxygens (including phenoxy) is 1. The molecular formula is C15H14ClNO2. The molecule has 98 valence electrons. The van der Waals surface area contributed by atoms with Gasteiger partial charge in [0.2, 0.25) is 0 Å². The Kier molecular flexibility index (Phi) is 4.42. The van der Waals surface area contributed by atoms with E-state index in [1.165, 1.54) is 0 Å². The van der Waals surface area contributed by atoms with Crippen LogP contribution in [-0.2, 0) is 5.88 Å². The lowest BCUT2D eigenvalue weighted by Gasteiger charge is -2.09. The van der Waals surface area contributed by atoms with Gasteiger partial charge in [0.05, 0.1) is 7.11 Å². The third kappa shape index (κ3) is 3.26. The summed E-state index contributed by atoms with van der Waals surface area (Å²) in [4.78, 5) is 12.1. The van der Waals surface area contributed by atoms with Crippen molar-refractivity contribution in [2.45, 2.75) is 5.88 Å². The predicted octanol–water partition coefficient (Wildman–Crippen LogP) is 3.69. The van der Waals surface area contributed by atoms with Gasteiger partial charge in [-0.15, -0.1) is 11.6 Å². The van der Waals surface area contributed by atoms with Crippen LogP contribution in [0.2, 0.25) is 0 Å². The van der Waals surface area contributed by atoms with Gasteiger partial charge in [-0.3, -0.25) is 4.79 Å². The van der Waals surface area contributed by atoms with Crippen LogP contribution in [0.3, 0.4) is 0 Å². The molecule has 0 atom stereocenters. The Bertz CT molecular complexity index is 567.